The lowest BCUT2D eigenvalue weighted by Gasteiger charge is -2.15. The summed E-state index contributed by atoms with van der Waals surface area (Å²) in [6.07, 6.45) is 1.53. The zero-order valence-corrected chi connectivity index (χ0v) is 8.39. The molecule has 1 heterocycles. The van der Waals surface area contributed by atoms with Gasteiger partial charge in [-0.2, -0.15) is 0 Å². The minimum absolute atomic E-state index is 0.00806. The molecule has 0 bridgehead atoms. The van der Waals surface area contributed by atoms with Crippen LogP contribution in [0.2, 0.25) is 0 Å². The molecular weight excluding hydrogens is 182 g/mol. The summed E-state index contributed by atoms with van der Waals surface area (Å²) in [5, 5.41) is 11.5. The summed E-state index contributed by atoms with van der Waals surface area (Å²) in [6.45, 7) is 1.78. The van der Waals surface area contributed by atoms with Gasteiger partial charge in [-0.05, 0) is 6.92 Å². The summed E-state index contributed by atoms with van der Waals surface area (Å²) >= 11 is 0. The monoisotopic (exact) mass is 195 g/mol. The first-order valence-electron chi connectivity index (χ1n) is 4.05. The van der Waals surface area contributed by atoms with Crippen LogP contribution in [0.1, 0.15) is 11.4 Å². The fourth-order valence-corrected chi connectivity index (χ4v) is 1.03. The minimum Gasteiger partial charge on any atom is -0.409 e. The maximum Gasteiger partial charge on any atom is 0.175 e. The zero-order chi connectivity index (χ0) is 10.7. The number of aryl methyl sites for hydroxylation is 1. The maximum absolute atomic E-state index is 8.55. The van der Waals surface area contributed by atoms with E-state index in [1.807, 2.05) is 14.1 Å². The van der Waals surface area contributed by atoms with Crippen molar-refractivity contribution >= 4 is 11.7 Å². The second-order valence-corrected chi connectivity index (χ2v) is 3.03. The van der Waals surface area contributed by atoms with Gasteiger partial charge in [-0.15, -0.1) is 0 Å². The number of oxime groups is 1. The highest BCUT2D eigenvalue weighted by Gasteiger charge is 2.11. The number of nitrogens with two attached hydrogens (primary N) is 1. The van der Waals surface area contributed by atoms with Crippen LogP contribution in [0, 0.1) is 6.92 Å². The van der Waals surface area contributed by atoms with Gasteiger partial charge in [0, 0.05) is 20.3 Å². The first-order valence-corrected chi connectivity index (χ1v) is 4.05. The predicted octanol–water partition coefficient (Wildman–Crippen LogP) is -0.0545. The SMILES string of the molecule is Cc1ncc(/C(N)=N\O)c(N(C)C)n1. The number of hydrogen-bond donors (Lipinski definition) is 2. The van der Waals surface area contributed by atoms with Crippen LogP contribution in [-0.2, 0) is 0 Å². The molecule has 0 aliphatic carbocycles. The van der Waals surface area contributed by atoms with E-state index in [0.717, 1.165) is 0 Å². The smallest absolute Gasteiger partial charge is 0.175 e. The third-order valence-electron chi connectivity index (χ3n) is 1.70. The highest BCUT2D eigenvalue weighted by molar-refractivity contribution is 6.01. The number of hydrogen-bond acceptors (Lipinski definition) is 5. The van der Waals surface area contributed by atoms with Crippen molar-refractivity contribution in [3.8, 4) is 0 Å². The van der Waals surface area contributed by atoms with Crippen LogP contribution in [-0.4, -0.2) is 35.1 Å². The van der Waals surface area contributed by atoms with Crippen molar-refractivity contribution in [2.24, 2.45) is 10.9 Å². The molecule has 0 radical (unpaired) electrons. The number of nitrogens with zero attached hydrogens (tertiary/aromatic N) is 4. The van der Waals surface area contributed by atoms with E-state index in [1.165, 1.54) is 6.20 Å². The molecule has 0 saturated carbocycles. The van der Waals surface area contributed by atoms with Gasteiger partial charge < -0.3 is 15.8 Å². The zero-order valence-electron chi connectivity index (χ0n) is 8.39. The van der Waals surface area contributed by atoms with Gasteiger partial charge >= 0.3 is 0 Å². The number of aromatic nitrogens is 2. The third kappa shape index (κ3) is 1.90. The molecule has 1 aromatic rings. The fourth-order valence-electron chi connectivity index (χ4n) is 1.03. The Balaban J connectivity index is 3.29. The van der Waals surface area contributed by atoms with E-state index in [0.29, 0.717) is 17.2 Å². The van der Waals surface area contributed by atoms with Gasteiger partial charge in [0.25, 0.3) is 0 Å². The summed E-state index contributed by atoms with van der Waals surface area (Å²) in [6, 6.07) is 0. The van der Waals surface area contributed by atoms with Gasteiger partial charge in [0.2, 0.25) is 0 Å². The average molecular weight is 195 g/mol. The number of anilines is 1. The van der Waals surface area contributed by atoms with Gasteiger partial charge in [0.05, 0.1) is 5.56 Å². The largest absolute Gasteiger partial charge is 0.409 e. The van der Waals surface area contributed by atoms with Crippen molar-refractivity contribution in [2.75, 3.05) is 19.0 Å². The third-order valence-corrected chi connectivity index (χ3v) is 1.70. The maximum atomic E-state index is 8.55. The molecular formula is C8H13N5O. The second-order valence-electron chi connectivity index (χ2n) is 3.03. The van der Waals surface area contributed by atoms with E-state index in [4.69, 9.17) is 10.9 Å². The van der Waals surface area contributed by atoms with Crippen molar-refractivity contribution in [1.29, 1.82) is 0 Å². The summed E-state index contributed by atoms with van der Waals surface area (Å²) in [4.78, 5) is 9.95. The molecule has 1 aromatic heterocycles. The first-order chi connectivity index (χ1) is 6.56. The molecule has 0 unspecified atom stereocenters. The molecule has 14 heavy (non-hydrogen) atoms. The van der Waals surface area contributed by atoms with Crippen LogP contribution in [0.5, 0.6) is 0 Å². The molecule has 0 atom stereocenters. The topological polar surface area (TPSA) is 87.6 Å². The Bertz CT molecular complexity index is 361. The molecule has 76 valence electrons. The van der Waals surface area contributed by atoms with E-state index in [2.05, 4.69) is 15.1 Å². The van der Waals surface area contributed by atoms with Crippen LogP contribution >= 0.6 is 0 Å². The van der Waals surface area contributed by atoms with Crippen molar-refractivity contribution in [1.82, 2.24) is 9.97 Å². The number of rotatable bonds is 2. The van der Waals surface area contributed by atoms with Crippen LogP contribution in [0.15, 0.2) is 11.4 Å². The highest BCUT2D eigenvalue weighted by Crippen LogP contribution is 2.13. The molecule has 6 heteroatoms. The Morgan fingerprint density at radius 1 is 1.57 bits per heavy atom. The lowest BCUT2D eigenvalue weighted by atomic mass is 10.2. The van der Waals surface area contributed by atoms with E-state index in [1.54, 1.807) is 11.8 Å². The van der Waals surface area contributed by atoms with Crippen molar-refractivity contribution in [2.45, 2.75) is 6.92 Å². The van der Waals surface area contributed by atoms with E-state index >= 15 is 0 Å². The van der Waals surface area contributed by atoms with Gasteiger partial charge in [-0.3, -0.25) is 0 Å². The highest BCUT2D eigenvalue weighted by atomic mass is 16.4. The molecule has 0 saturated heterocycles. The molecule has 0 fully saturated rings. The second kappa shape index (κ2) is 3.91. The van der Waals surface area contributed by atoms with Crippen LogP contribution in [0.3, 0.4) is 0 Å². The lowest BCUT2D eigenvalue weighted by molar-refractivity contribution is 0.318. The van der Waals surface area contributed by atoms with Crippen molar-refractivity contribution in [3.63, 3.8) is 0 Å². The Morgan fingerprint density at radius 2 is 2.21 bits per heavy atom. The minimum atomic E-state index is 0.00806. The van der Waals surface area contributed by atoms with Gasteiger partial charge in [-0.25, -0.2) is 9.97 Å². The Kier molecular flexibility index (Phi) is 2.85. The molecule has 0 aliphatic rings. The molecule has 0 spiro atoms. The first kappa shape index (κ1) is 10.2. The summed E-state index contributed by atoms with van der Waals surface area (Å²) in [5.41, 5.74) is 5.99. The van der Waals surface area contributed by atoms with Crippen molar-refractivity contribution < 1.29 is 5.21 Å². The fraction of sp³-hybridized carbons (Fsp3) is 0.375. The normalized spacial score (nSPS) is 11.5. The van der Waals surface area contributed by atoms with Gasteiger partial charge in [0.1, 0.15) is 11.6 Å². The molecule has 3 N–H and O–H groups in total. The predicted molar refractivity (Wildman–Crippen MR) is 53.6 cm³/mol. The van der Waals surface area contributed by atoms with Crippen LogP contribution in [0.25, 0.3) is 0 Å². The molecule has 6 nitrogen and oxygen atoms in total. The summed E-state index contributed by atoms with van der Waals surface area (Å²) < 4.78 is 0. The molecule has 0 aliphatic heterocycles. The number of amidine groups is 1. The van der Waals surface area contributed by atoms with Gasteiger partial charge in [0.15, 0.2) is 5.84 Å². The average Bonchev–Trinajstić information content (AvgIpc) is 2.16. The Hall–Kier alpha value is -1.85. The lowest BCUT2D eigenvalue weighted by Crippen LogP contribution is -2.21. The Morgan fingerprint density at radius 3 is 2.71 bits per heavy atom. The van der Waals surface area contributed by atoms with E-state index in [-0.39, 0.29) is 5.84 Å². The van der Waals surface area contributed by atoms with Crippen LogP contribution < -0.4 is 10.6 Å². The molecule has 1 rings (SSSR count). The van der Waals surface area contributed by atoms with Crippen LogP contribution in [0.4, 0.5) is 5.82 Å². The summed E-state index contributed by atoms with van der Waals surface area (Å²) in [7, 11) is 3.66. The molecule has 0 aromatic carbocycles. The standard InChI is InChI=1S/C8H13N5O/c1-5-10-4-6(7(9)12-14)8(11-5)13(2)3/h4,14H,1-3H3,(H2,9,12). The van der Waals surface area contributed by atoms with E-state index in [9.17, 15) is 0 Å². The molecule has 0 amide bonds. The quantitative estimate of drug-likeness (QED) is 0.299. The Labute approximate surface area is 82.1 Å². The van der Waals surface area contributed by atoms with Crippen molar-refractivity contribution in [3.05, 3.63) is 17.6 Å². The van der Waals surface area contributed by atoms with E-state index < -0.39 is 0 Å². The summed E-state index contributed by atoms with van der Waals surface area (Å²) in [5.74, 6) is 1.28. The van der Waals surface area contributed by atoms with Gasteiger partial charge in [-0.1, -0.05) is 5.16 Å².